The molecule has 0 bridgehead atoms. The van der Waals surface area contributed by atoms with Crippen LogP contribution < -0.4 is 5.73 Å². The van der Waals surface area contributed by atoms with Crippen LogP contribution in [-0.4, -0.2) is 29.9 Å². The monoisotopic (exact) mass is 274 g/mol. The predicted octanol–water partition coefficient (Wildman–Crippen LogP) is 2.29. The number of carbonyl (C=O) groups excluding carboxylic acids is 1. The van der Waals surface area contributed by atoms with E-state index in [9.17, 15) is 4.79 Å². The van der Waals surface area contributed by atoms with Gasteiger partial charge in [-0.2, -0.15) is 11.3 Å². The van der Waals surface area contributed by atoms with E-state index < -0.39 is 0 Å². The van der Waals surface area contributed by atoms with Crippen molar-refractivity contribution in [3.05, 3.63) is 21.9 Å². The summed E-state index contributed by atoms with van der Waals surface area (Å²) in [7, 11) is 0. The van der Waals surface area contributed by atoms with Crippen molar-refractivity contribution in [2.45, 2.75) is 26.3 Å². The van der Waals surface area contributed by atoms with Crippen LogP contribution in [0.15, 0.2) is 10.8 Å². The number of carbonyl (C=O) groups is 1. The van der Waals surface area contributed by atoms with Crippen LogP contribution in [0.1, 0.15) is 29.3 Å². The number of piperidine rings is 1. The zero-order chi connectivity index (χ0) is 11.7. The Labute approximate surface area is 112 Å². The summed E-state index contributed by atoms with van der Waals surface area (Å²) < 4.78 is 0. The molecular formula is C12H19ClN2OS. The van der Waals surface area contributed by atoms with Crippen molar-refractivity contribution in [2.24, 2.45) is 11.7 Å². The molecule has 1 aliphatic rings. The first-order chi connectivity index (χ1) is 7.59. The minimum absolute atomic E-state index is 0. The second-order valence-electron chi connectivity index (χ2n) is 4.65. The summed E-state index contributed by atoms with van der Waals surface area (Å²) in [6.45, 7) is 5.68. The van der Waals surface area contributed by atoms with Gasteiger partial charge in [-0.1, -0.05) is 6.92 Å². The number of hydrogen-bond donors (Lipinski definition) is 1. The Kier molecular flexibility index (Phi) is 4.98. The molecule has 2 rings (SSSR count). The van der Waals surface area contributed by atoms with Gasteiger partial charge in [0.1, 0.15) is 0 Å². The van der Waals surface area contributed by atoms with Crippen molar-refractivity contribution in [1.29, 1.82) is 0 Å². The molecule has 1 aromatic rings. The summed E-state index contributed by atoms with van der Waals surface area (Å²) in [4.78, 5) is 14.2. The average molecular weight is 275 g/mol. The standard InChI is InChI=1S/C12H18N2OS.ClH/c1-8-5-14(4-3-11(8)13)12(15)10-7-16-6-9(10)2;/h6-8,11H,3-5,13H2,1-2H3;1H. The lowest BCUT2D eigenvalue weighted by Gasteiger charge is -2.35. The fourth-order valence-electron chi connectivity index (χ4n) is 2.10. The molecule has 2 N–H and O–H groups in total. The molecule has 1 fully saturated rings. The quantitative estimate of drug-likeness (QED) is 0.854. The molecule has 0 aliphatic carbocycles. The number of thiophene rings is 1. The van der Waals surface area contributed by atoms with Crippen LogP contribution in [-0.2, 0) is 0 Å². The summed E-state index contributed by atoms with van der Waals surface area (Å²) in [5.41, 5.74) is 7.89. The average Bonchev–Trinajstić information content (AvgIpc) is 2.67. The van der Waals surface area contributed by atoms with Crippen molar-refractivity contribution in [3.63, 3.8) is 0 Å². The Morgan fingerprint density at radius 3 is 2.76 bits per heavy atom. The second-order valence-corrected chi connectivity index (χ2v) is 5.39. The third-order valence-electron chi connectivity index (χ3n) is 3.34. The van der Waals surface area contributed by atoms with Crippen LogP contribution in [0.25, 0.3) is 0 Å². The van der Waals surface area contributed by atoms with Crippen molar-refractivity contribution in [2.75, 3.05) is 13.1 Å². The maximum atomic E-state index is 12.2. The van der Waals surface area contributed by atoms with Gasteiger partial charge in [0.25, 0.3) is 5.91 Å². The van der Waals surface area contributed by atoms with Crippen LogP contribution in [0, 0.1) is 12.8 Å². The maximum absolute atomic E-state index is 12.2. The maximum Gasteiger partial charge on any atom is 0.254 e. The van der Waals surface area contributed by atoms with Gasteiger partial charge in [0.05, 0.1) is 5.56 Å². The molecule has 5 heteroatoms. The Bertz CT molecular complexity index is 394. The number of rotatable bonds is 1. The molecule has 0 saturated carbocycles. The van der Waals surface area contributed by atoms with E-state index >= 15 is 0 Å². The van der Waals surface area contributed by atoms with E-state index in [1.165, 1.54) is 0 Å². The van der Waals surface area contributed by atoms with Gasteiger partial charge in [0.15, 0.2) is 0 Å². The SMILES string of the molecule is Cc1cscc1C(=O)N1CCC(N)C(C)C1.Cl. The van der Waals surface area contributed by atoms with Gasteiger partial charge in [-0.3, -0.25) is 4.79 Å². The van der Waals surface area contributed by atoms with Gasteiger partial charge in [-0.25, -0.2) is 0 Å². The first kappa shape index (κ1) is 14.5. The minimum Gasteiger partial charge on any atom is -0.338 e. The molecule has 3 nitrogen and oxygen atoms in total. The molecule has 96 valence electrons. The van der Waals surface area contributed by atoms with E-state index in [2.05, 4.69) is 6.92 Å². The lowest BCUT2D eigenvalue weighted by Crippen LogP contribution is -2.48. The van der Waals surface area contributed by atoms with E-state index in [1.54, 1.807) is 11.3 Å². The van der Waals surface area contributed by atoms with Gasteiger partial charge in [-0.05, 0) is 30.2 Å². The van der Waals surface area contributed by atoms with Crippen molar-refractivity contribution in [1.82, 2.24) is 4.90 Å². The van der Waals surface area contributed by atoms with E-state index in [0.29, 0.717) is 5.92 Å². The van der Waals surface area contributed by atoms with Gasteiger partial charge < -0.3 is 10.6 Å². The topological polar surface area (TPSA) is 46.3 Å². The summed E-state index contributed by atoms with van der Waals surface area (Å²) in [5, 5.41) is 3.96. The molecule has 1 amide bonds. The van der Waals surface area contributed by atoms with E-state index in [0.717, 1.165) is 30.6 Å². The lowest BCUT2D eigenvalue weighted by atomic mass is 9.94. The number of nitrogens with zero attached hydrogens (tertiary/aromatic N) is 1. The fourth-order valence-corrected chi connectivity index (χ4v) is 2.92. The van der Waals surface area contributed by atoms with Gasteiger partial charge >= 0.3 is 0 Å². The van der Waals surface area contributed by atoms with Gasteiger partial charge in [0, 0.05) is 24.5 Å². The van der Waals surface area contributed by atoms with Crippen molar-refractivity contribution in [3.8, 4) is 0 Å². The first-order valence-corrected chi connectivity index (χ1v) is 6.61. The normalized spacial score (nSPS) is 24.3. The summed E-state index contributed by atoms with van der Waals surface area (Å²) in [6.07, 6.45) is 0.913. The highest BCUT2D eigenvalue weighted by Crippen LogP contribution is 2.20. The number of nitrogens with two attached hydrogens (primary N) is 1. The molecule has 1 aliphatic heterocycles. The molecular weight excluding hydrogens is 256 g/mol. The Balaban J connectivity index is 0.00000144. The number of halogens is 1. The van der Waals surface area contributed by atoms with E-state index in [4.69, 9.17) is 5.73 Å². The third kappa shape index (κ3) is 3.00. The largest absolute Gasteiger partial charge is 0.338 e. The van der Waals surface area contributed by atoms with Crippen LogP contribution in [0.5, 0.6) is 0 Å². The van der Waals surface area contributed by atoms with E-state index in [1.807, 2.05) is 22.6 Å². The molecule has 2 unspecified atom stereocenters. The second kappa shape index (κ2) is 5.85. The Hall–Kier alpha value is -0.580. The number of aryl methyl sites for hydroxylation is 1. The highest BCUT2D eigenvalue weighted by Gasteiger charge is 2.27. The van der Waals surface area contributed by atoms with Crippen LogP contribution in [0.3, 0.4) is 0 Å². The Morgan fingerprint density at radius 2 is 2.24 bits per heavy atom. The first-order valence-electron chi connectivity index (χ1n) is 5.67. The molecule has 2 atom stereocenters. The molecule has 0 radical (unpaired) electrons. The van der Waals surface area contributed by atoms with Crippen LogP contribution >= 0.6 is 23.7 Å². The zero-order valence-electron chi connectivity index (χ0n) is 10.2. The van der Waals surface area contributed by atoms with Crippen molar-refractivity contribution < 1.29 is 4.79 Å². The third-order valence-corrected chi connectivity index (χ3v) is 4.21. The zero-order valence-corrected chi connectivity index (χ0v) is 11.8. The summed E-state index contributed by atoms with van der Waals surface area (Å²) in [5.74, 6) is 0.564. The molecule has 1 aromatic heterocycles. The van der Waals surface area contributed by atoms with E-state index in [-0.39, 0.29) is 24.4 Å². The van der Waals surface area contributed by atoms with Gasteiger partial charge in [-0.15, -0.1) is 12.4 Å². The van der Waals surface area contributed by atoms with Crippen molar-refractivity contribution >= 4 is 29.7 Å². The summed E-state index contributed by atoms with van der Waals surface area (Å²) >= 11 is 1.59. The molecule has 2 heterocycles. The molecule has 17 heavy (non-hydrogen) atoms. The number of amides is 1. The highest BCUT2D eigenvalue weighted by molar-refractivity contribution is 7.08. The summed E-state index contributed by atoms with van der Waals surface area (Å²) in [6, 6.07) is 0.243. The van der Waals surface area contributed by atoms with Crippen LogP contribution in [0.2, 0.25) is 0 Å². The molecule has 0 aromatic carbocycles. The Morgan fingerprint density at radius 1 is 1.53 bits per heavy atom. The minimum atomic E-state index is 0. The molecule has 1 saturated heterocycles. The predicted molar refractivity (Wildman–Crippen MR) is 74.0 cm³/mol. The fraction of sp³-hybridized carbons (Fsp3) is 0.583. The van der Waals surface area contributed by atoms with Gasteiger partial charge in [0.2, 0.25) is 0 Å². The molecule has 0 spiro atoms. The van der Waals surface area contributed by atoms with Crippen LogP contribution in [0.4, 0.5) is 0 Å². The smallest absolute Gasteiger partial charge is 0.254 e. The number of likely N-dealkylation sites (tertiary alicyclic amines) is 1. The lowest BCUT2D eigenvalue weighted by molar-refractivity contribution is 0.0664. The highest BCUT2D eigenvalue weighted by atomic mass is 35.5. The number of hydrogen-bond acceptors (Lipinski definition) is 3.